The SMILES string of the molecule is O=C1C(Sc2nc3ccccc3o2)=C(Sc2nc3ccccc3o2)C(=O)N1c1ccc(Cl)cc1Cl. The number of amides is 2. The van der Waals surface area contributed by atoms with Gasteiger partial charge in [-0.25, -0.2) is 14.9 Å². The largest absolute Gasteiger partial charge is 0.431 e. The van der Waals surface area contributed by atoms with Gasteiger partial charge in [0.1, 0.15) is 20.8 Å². The Morgan fingerprint density at radius 2 is 1.23 bits per heavy atom. The summed E-state index contributed by atoms with van der Waals surface area (Å²) in [6.45, 7) is 0. The van der Waals surface area contributed by atoms with Gasteiger partial charge in [0.05, 0.1) is 10.7 Å². The van der Waals surface area contributed by atoms with Crippen LogP contribution in [0.4, 0.5) is 5.69 Å². The van der Waals surface area contributed by atoms with E-state index in [9.17, 15) is 9.59 Å². The summed E-state index contributed by atoms with van der Waals surface area (Å²) in [5, 5.41) is 0.996. The van der Waals surface area contributed by atoms with Crippen molar-refractivity contribution in [3.63, 3.8) is 0 Å². The van der Waals surface area contributed by atoms with Crippen molar-refractivity contribution in [2.75, 3.05) is 4.90 Å². The highest BCUT2D eigenvalue weighted by Crippen LogP contribution is 2.45. The lowest BCUT2D eigenvalue weighted by Crippen LogP contribution is -2.31. The Morgan fingerprint density at radius 1 is 0.714 bits per heavy atom. The van der Waals surface area contributed by atoms with Crippen molar-refractivity contribution in [2.24, 2.45) is 0 Å². The number of imide groups is 1. The van der Waals surface area contributed by atoms with E-state index in [1.807, 2.05) is 24.3 Å². The fourth-order valence-corrected chi connectivity index (χ4v) is 5.88. The number of carbonyl (C=O) groups excluding carboxylic acids is 2. The molecule has 0 fully saturated rings. The molecule has 0 N–H and O–H groups in total. The molecule has 35 heavy (non-hydrogen) atoms. The van der Waals surface area contributed by atoms with Crippen LogP contribution in [-0.4, -0.2) is 21.8 Å². The fourth-order valence-electron chi connectivity index (χ4n) is 3.52. The molecule has 0 spiro atoms. The zero-order valence-electron chi connectivity index (χ0n) is 17.4. The van der Waals surface area contributed by atoms with Crippen LogP contribution >= 0.6 is 46.7 Å². The van der Waals surface area contributed by atoms with E-state index in [1.54, 1.807) is 30.3 Å². The zero-order chi connectivity index (χ0) is 24.1. The standard InChI is InChI=1S/C24H11Cl2N3O4S2/c25-12-9-10-16(13(26)11-12)29-21(30)19(34-23-27-14-5-1-3-7-17(14)32-23)20(22(29)31)35-24-28-15-6-2-4-8-18(15)33-24/h1-11H. The highest BCUT2D eigenvalue weighted by molar-refractivity contribution is 8.08. The van der Waals surface area contributed by atoms with Crippen LogP contribution in [0.1, 0.15) is 0 Å². The van der Waals surface area contributed by atoms with Crippen LogP contribution < -0.4 is 4.90 Å². The first-order chi connectivity index (χ1) is 17.0. The first-order valence-corrected chi connectivity index (χ1v) is 12.5. The number of hydrogen-bond acceptors (Lipinski definition) is 8. The number of nitrogens with zero attached hydrogens (tertiary/aromatic N) is 3. The van der Waals surface area contributed by atoms with Gasteiger partial charge in [-0.05, 0) is 66.0 Å². The van der Waals surface area contributed by atoms with E-state index >= 15 is 0 Å². The van der Waals surface area contributed by atoms with Crippen molar-refractivity contribution >= 4 is 86.4 Å². The maximum absolute atomic E-state index is 13.5. The molecule has 11 heteroatoms. The van der Waals surface area contributed by atoms with Crippen molar-refractivity contribution in [1.29, 1.82) is 0 Å². The number of rotatable bonds is 5. The third-order valence-electron chi connectivity index (χ3n) is 5.08. The van der Waals surface area contributed by atoms with Gasteiger partial charge in [-0.1, -0.05) is 47.5 Å². The van der Waals surface area contributed by atoms with Gasteiger partial charge in [-0.3, -0.25) is 9.59 Å². The van der Waals surface area contributed by atoms with Crippen molar-refractivity contribution in [3.8, 4) is 0 Å². The minimum Gasteiger partial charge on any atom is -0.431 e. The predicted octanol–water partition coefficient (Wildman–Crippen LogP) is 6.95. The molecule has 0 unspecified atom stereocenters. The highest BCUT2D eigenvalue weighted by Gasteiger charge is 2.42. The summed E-state index contributed by atoms with van der Waals surface area (Å²) in [6, 6.07) is 19.0. The summed E-state index contributed by atoms with van der Waals surface area (Å²) in [5.41, 5.74) is 2.63. The molecule has 7 nitrogen and oxygen atoms in total. The number of aromatic nitrogens is 2. The third-order valence-corrected chi connectivity index (χ3v) is 7.61. The average molecular weight is 540 g/mol. The summed E-state index contributed by atoms with van der Waals surface area (Å²) < 4.78 is 11.6. The second-order valence-corrected chi connectivity index (χ2v) is 10.1. The van der Waals surface area contributed by atoms with Crippen LogP contribution in [0.5, 0.6) is 0 Å². The molecule has 2 amide bonds. The summed E-state index contributed by atoms with van der Waals surface area (Å²) in [5.74, 6) is -1.13. The molecule has 6 rings (SSSR count). The van der Waals surface area contributed by atoms with Crippen LogP contribution in [0, 0.1) is 0 Å². The Kier molecular flexibility index (Phi) is 5.57. The highest BCUT2D eigenvalue weighted by atomic mass is 35.5. The van der Waals surface area contributed by atoms with E-state index in [0.717, 1.165) is 28.4 Å². The summed E-state index contributed by atoms with van der Waals surface area (Å²) in [7, 11) is 0. The van der Waals surface area contributed by atoms with E-state index in [-0.39, 0.29) is 31.0 Å². The van der Waals surface area contributed by atoms with Gasteiger partial charge in [-0.15, -0.1) is 0 Å². The number of oxazole rings is 2. The smallest absolute Gasteiger partial charge is 0.273 e. The summed E-state index contributed by atoms with van der Waals surface area (Å²) in [4.78, 5) is 37.2. The minimum atomic E-state index is -0.565. The van der Waals surface area contributed by atoms with Gasteiger partial charge in [-0.2, -0.15) is 0 Å². The van der Waals surface area contributed by atoms with Crippen LogP contribution in [0.25, 0.3) is 22.2 Å². The van der Waals surface area contributed by atoms with Crippen molar-refractivity contribution in [1.82, 2.24) is 9.97 Å². The van der Waals surface area contributed by atoms with Crippen LogP contribution in [0.3, 0.4) is 0 Å². The summed E-state index contributed by atoms with van der Waals surface area (Å²) in [6.07, 6.45) is 0. The molecule has 0 aliphatic carbocycles. The summed E-state index contributed by atoms with van der Waals surface area (Å²) >= 11 is 14.3. The second kappa shape index (κ2) is 8.76. The molecule has 0 radical (unpaired) electrons. The molecule has 2 aromatic heterocycles. The molecule has 172 valence electrons. The molecule has 3 heterocycles. The molecule has 0 saturated carbocycles. The molecule has 5 aromatic rings. The van der Waals surface area contributed by atoms with Gasteiger partial charge in [0.15, 0.2) is 11.2 Å². The Hall–Kier alpha value is -3.24. The van der Waals surface area contributed by atoms with Crippen LogP contribution in [0.2, 0.25) is 10.0 Å². The molecular weight excluding hydrogens is 529 g/mol. The van der Waals surface area contributed by atoms with E-state index in [2.05, 4.69) is 9.97 Å². The van der Waals surface area contributed by atoms with Gasteiger partial charge >= 0.3 is 0 Å². The second-order valence-electron chi connectivity index (χ2n) is 7.30. The predicted molar refractivity (Wildman–Crippen MR) is 136 cm³/mol. The number of carbonyl (C=O) groups is 2. The maximum Gasteiger partial charge on any atom is 0.273 e. The van der Waals surface area contributed by atoms with Crippen molar-refractivity contribution in [2.45, 2.75) is 10.4 Å². The van der Waals surface area contributed by atoms with Crippen LogP contribution in [-0.2, 0) is 9.59 Å². The Labute approximate surface area is 216 Å². The van der Waals surface area contributed by atoms with Crippen molar-refractivity contribution in [3.05, 3.63) is 86.6 Å². The van der Waals surface area contributed by atoms with E-state index < -0.39 is 11.8 Å². The first kappa shape index (κ1) is 22.2. The van der Waals surface area contributed by atoms with Gasteiger partial charge in [0.2, 0.25) is 0 Å². The third kappa shape index (κ3) is 4.00. The minimum absolute atomic E-state index is 0.125. The molecular formula is C24H11Cl2N3O4S2. The zero-order valence-corrected chi connectivity index (χ0v) is 20.5. The van der Waals surface area contributed by atoms with Gasteiger partial charge in [0, 0.05) is 5.02 Å². The number of benzene rings is 3. The average Bonchev–Trinajstić information content (AvgIpc) is 3.50. The topological polar surface area (TPSA) is 89.4 Å². The number of anilines is 1. The van der Waals surface area contributed by atoms with Crippen molar-refractivity contribution < 1.29 is 18.4 Å². The Balaban J connectivity index is 1.43. The number of hydrogen-bond donors (Lipinski definition) is 0. The normalized spacial score (nSPS) is 14.2. The lowest BCUT2D eigenvalue weighted by atomic mass is 10.3. The van der Waals surface area contributed by atoms with Crippen LogP contribution in [0.15, 0.2) is 95.8 Å². The number of thioether (sulfide) groups is 2. The monoisotopic (exact) mass is 539 g/mol. The lowest BCUT2D eigenvalue weighted by molar-refractivity contribution is -0.120. The number of halogens is 2. The molecule has 0 bridgehead atoms. The van der Waals surface area contributed by atoms with Gasteiger partial charge < -0.3 is 8.83 Å². The molecule has 0 atom stereocenters. The Morgan fingerprint density at radius 3 is 1.71 bits per heavy atom. The van der Waals surface area contributed by atoms with E-state index in [4.69, 9.17) is 32.0 Å². The van der Waals surface area contributed by atoms with Gasteiger partial charge in [0.25, 0.3) is 22.3 Å². The molecule has 0 saturated heterocycles. The molecule has 1 aliphatic rings. The fraction of sp³-hybridized carbons (Fsp3) is 0. The first-order valence-electron chi connectivity index (χ1n) is 10.1. The van der Waals surface area contributed by atoms with E-state index in [0.29, 0.717) is 27.2 Å². The number of para-hydroxylation sites is 4. The number of fused-ring (bicyclic) bond motifs is 2. The quantitative estimate of drug-likeness (QED) is 0.222. The van der Waals surface area contributed by atoms with E-state index in [1.165, 1.54) is 12.1 Å². The maximum atomic E-state index is 13.5. The lowest BCUT2D eigenvalue weighted by Gasteiger charge is -2.16. The molecule has 1 aliphatic heterocycles. The molecule has 3 aromatic carbocycles. The Bertz CT molecular complexity index is 1530.